The number of benzene rings is 1. The van der Waals surface area contributed by atoms with Gasteiger partial charge < -0.3 is 5.32 Å². The van der Waals surface area contributed by atoms with Crippen LogP contribution in [0.15, 0.2) is 72.5 Å². The van der Waals surface area contributed by atoms with Gasteiger partial charge in [-0.25, -0.2) is 0 Å². The van der Waals surface area contributed by atoms with E-state index in [-0.39, 0.29) is 11.9 Å². The molecule has 2 rings (SSSR count). The standard InChI is InChI=1S/C22H29N3O/c1-4-7-12-16-25-21(18-13-10-9-11-14-18)17-20(24-25)22(26)23-19(6-3)15-8-5-2/h5-6,9-11,13-15,21H,2-4,7-8,12,16-17H2,1H3,(H,23,26)/b19-15+. The van der Waals surface area contributed by atoms with Gasteiger partial charge in [0.05, 0.1) is 6.04 Å². The van der Waals surface area contributed by atoms with Gasteiger partial charge in [0.25, 0.3) is 5.91 Å². The molecule has 1 heterocycles. The van der Waals surface area contributed by atoms with Crippen molar-refractivity contribution in [1.29, 1.82) is 0 Å². The van der Waals surface area contributed by atoms with Gasteiger partial charge in [-0.05, 0) is 24.5 Å². The van der Waals surface area contributed by atoms with Crippen LogP contribution in [-0.2, 0) is 4.79 Å². The monoisotopic (exact) mass is 351 g/mol. The number of hydrogen-bond donors (Lipinski definition) is 1. The Morgan fingerprint density at radius 1 is 1.31 bits per heavy atom. The van der Waals surface area contributed by atoms with Crippen LogP contribution in [0.5, 0.6) is 0 Å². The third-order valence-electron chi connectivity index (χ3n) is 4.42. The predicted molar refractivity (Wildman–Crippen MR) is 109 cm³/mol. The minimum absolute atomic E-state index is 0.123. The maximum absolute atomic E-state index is 12.6. The van der Waals surface area contributed by atoms with Gasteiger partial charge in [0.1, 0.15) is 5.71 Å². The van der Waals surface area contributed by atoms with Crippen molar-refractivity contribution in [2.24, 2.45) is 5.10 Å². The number of rotatable bonds is 10. The van der Waals surface area contributed by atoms with Gasteiger partial charge >= 0.3 is 0 Å². The molecule has 1 atom stereocenters. The zero-order valence-electron chi connectivity index (χ0n) is 15.7. The zero-order chi connectivity index (χ0) is 18.8. The van der Waals surface area contributed by atoms with Crippen molar-refractivity contribution in [3.63, 3.8) is 0 Å². The SMILES string of the molecule is C=CC/C=C(\C=C)NC(=O)C1=NN(CCCCC)C(c2ccccc2)C1. The van der Waals surface area contributed by atoms with Crippen molar-refractivity contribution in [2.45, 2.75) is 45.1 Å². The fourth-order valence-electron chi connectivity index (χ4n) is 2.99. The summed E-state index contributed by atoms with van der Waals surface area (Å²) in [4.78, 5) is 12.6. The third kappa shape index (κ3) is 5.45. The Morgan fingerprint density at radius 2 is 2.08 bits per heavy atom. The quantitative estimate of drug-likeness (QED) is 0.376. The Morgan fingerprint density at radius 3 is 2.73 bits per heavy atom. The predicted octanol–water partition coefficient (Wildman–Crippen LogP) is 4.74. The number of carbonyl (C=O) groups excluding carboxylic acids is 1. The summed E-state index contributed by atoms with van der Waals surface area (Å²) in [5, 5.41) is 9.61. The first-order valence-electron chi connectivity index (χ1n) is 9.33. The second-order valence-electron chi connectivity index (χ2n) is 6.39. The van der Waals surface area contributed by atoms with E-state index in [1.807, 2.05) is 24.3 Å². The number of carbonyl (C=O) groups is 1. The molecular weight excluding hydrogens is 322 g/mol. The van der Waals surface area contributed by atoms with Crippen molar-refractivity contribution in [3.8, 4) is 0 Å². The van der Waals surface area contributed by atoms with Gasteiger partial charge in [0.15, 0.2) is 0 Å². The van der Waals surface area contributed by atoms with Gasteiger partial charge in [0.2, 0.25) is 0 Å². The van der Waals surface area contributed by atoms with Crippen molar-refractivity contribution in [2.75, 3.05) is 6.54 Å². The van der Waals surface area contributed by atoms with E-state index in [1.165, 1.54) is 12.0 Å². The molecule has 4 heteroatoms. The van der Waals surface area contributed by atoms with E-state index in [4.69, 9.17) is 0 Å². The lowest BCUT2D eigenvalue weighted by molar-refractivity contribution is -0.114. The Balaban J connectivity index is 2.12. The molecule has 0 saturated carbocycles. The molecule has 1 aromatic rings. The van der Waals surface area contributed by atoms with Crippen LogP contribution in [0.4, 0.5) is 0 Å². The normalized spacial score (nSPS) is 17.0. The summed E-state index contributed by atoms with van der Waals surface area (Å²) in [6, 6.07) is 10.4. The van der Waals surface area contributed by atoms with E-state index in [0.717, 1.165) is 19.4 Å². The smallest absolute Gasteiger partial charge is 0.271 e. The molecule has 0 saturated heterocycles. The molecule has 0 fully saturated rings. The van der Waals surface area contributed by atoms with Crippen molar-refractivity contribution >= 4 is 11.6 Å². The topological polar surface area (TPSA) is 44.7 Å². The van der Waals surface area contributed by atoms with Crippen LogP contribution in [0.1, 0.15) is 50.6 Å². The highest BCUT2D eigenvalue weighted by Crippen LogP contribution is 2.31. The summed E-state index contributed by atoms with van der Waals surface area (Å²) < 4.78 is 0. The second-order valence-corrected chi connectivity index (χ2v) is 6.39. The molecule has 1 N–H and O–H groups in total. The molecule has 0 radical (unpaired) electrons. The van der Waals surface area contributed by atoms with Crippen LogP contribution in [-0.4, -0.2) is 23.2 Å². The highest BCUT2D eigenvalue weighted by atomic mass is 16.2. The van der Waals surface area contributed by atoms with Crippen LogP contribution in [0, 0.1) is 0 Å². The van der Waals surface area contributed by atoms with Gasteiger partial charge in [-0.2, -0.15) is 5.10 Å². The minimum atomic E-state index is -0.154. The molecule has 1 aromatic carbocycles. The first-order chi connectivity index (χ1) is 12.7. The maximum Gasteiger partial charge on any atom is 0.271 e. The molecule has 138 valence electrons. The van der Waals surface area contributed by atoms with Crippen molar-refractivity contribution < 1.29 is 4.79 Å². The summed E-state index contributed by atoms with van der Waals surface area (Å²) in [5.41, 5.74) is 2.46. The summed E-state index contributed by atoms with van der Waals surface area (Å²) in [6.07, 6.45) is 10.0. The lowest BCUT2D eigenvalue weighted by Crippen LogP contribution is -2.29. The number of amides is 1. The second kappa shape index (κ2) is 10.4. The van der Waals surface area contributed by atoms with Crippen molar-refractivity contribution in [3.05, 3.63) is 73.0 Å². The van der Waals surface area contributed by atoms with Crippen LogP contribution in [0.2, 0.25) is 0 Å². The highest BCUT2D eigenvalue weighted by molar-refractivity contribution is 6.39. The number of nitrogens with zero attached hydrogens (tertiary/aromatic N) is 2. The first kappa shape index (κ1) is 19.7. The summed E-state index contributed by atoms with van der Waals surface area (Å²) in [7, 11) is 0. The summed E-state index contributed by atoms with van der Waals surface area (Å²) in [5.74, 6) is -0.154. The molecule has 0 bridgehead atoms. The molecule has 1 amide bonds. The lowest BCUT2D eigenvalue weighted by Gasteiger charge is -2.23. The third-order valence-corrected chi connectivity index (χ3v) is 4.42. The molecule has 0 aromatic heterocycles. The number of hydrazone groups is 1. The average molecular weight is 351 g/mol. The fourth-order valence-corrected chi connectivity index (χ4v) is 2.99. The highest BCUT2D eigenvalue weighted by Gasteiger charge is 2.31. The van der Waals surface area contributed by atoms with E-state index >= 15 is 0 Å². The van der Waals surface area contributed by atoms with E-state index in [0.29, 0.717) is 24.3 Å². The zero-order valence-corrected chi connectivity index (χ0v) is 15.7. The number of hydrogen-bond acceptors (Lipinski definition) is 3. The number of nitrogens with one attached hydrogen (secondary N) is 1. The van der Waals surface area contributed by atoms with Gasteiger partial charge in [-0.1, -0.05) is 68.8 Å². The maximum atomic E-state index is 12.6. The van der Waals surface area contributed by atoms with Crippen molar-refractivity contribution in [1.82, 2.24) is 10.3 Å². The average Bonchev–Trinajstić information content (AvgIpc) is 3.10. The van der Waals surface area contributed by atoms with Gasteiger partial charge in [0, 0.05) is 18.7 Å². The van der Waals surface area contributed by atoms with Crippen LogP contribution in [0.25, 0.3) is 0 Å². The van der Waals surface area contributed by atoms with Gasteiger partial charge in [-0.3, -0.25) is 9.80 Å². The molecule has 1 aliphatic heterocycles. The summed E-state index contributed by atoms with van der Waals surface area (Å²) >= 11 is 0. The van der Waals surface area contributed by atoms with Crippen LogP contribution in [0.3, 0.4) is 0 Å². The Bertz CT molecular complexity index is 676. The Hall–Kier alpha value is -2.62. The first-order valence-corrected chi connectivity index (χ1v) is 9.33. The molecular formula is C22H29N3O. The van der Waals surface area contributed by atoms with Gasteiger partial charge in [-0.15, -0.1) is 6.58 Å². The molecule has 1 aliphatic rings. The molecule has 4 nitrogen and oxygen atoms in total. The molecule has 0 spiro atoms. The molecule has 1 unspecified atom stereocenters. The van der Waals surface area contributed by atoms with E-state index < -0.39 is 0 Å². The fraction of sp³-hybridized carbons (Fsp3) is 0.364. The minimum Gasteiger partial charge on any atom is -0.321 e. The Labute approximate surface area is 157 Å². The molecule has 0 aliphatic carbocycles. The number of allylic oxidation sites excluding steroid dienone is 3. The summed E-state index contributed by atoms with van der Waals surface area (Å²) in [6.45, 7) is 10.5. The number of unbranched alkanes of at least 4 members (excludes halogenated alkanes) is 2. The lowest BCUT2D eigenvalue weighted by atomic mass is 10.0. The van der Waals surface area contributed by atoms with Crippen LogP contribution < -0.4 is 5.32 Å². The van der Waals surface area contributed by atoms with E-state index in [1.54, 1.807) is 12.2 Å². The van der Waals surface area contributed by atoms with E-state index in [2.05, 4.69) is 47.6 Å². The molecule has 26 heavy (non-hydrogen) atoms. The Kier molecular flexibility index (Phi) is 7.87. The van der Waals surface area contributed by atoms with E-state index in [9.17, 15) is 4.79 Å². The largest absolute Gasteiger partial charge is 0.321 e. The van der Waals surface area contributed by atoms with Crippen LogP contribution >= 0.6 is 0 Å².